The molecule has 3 aromatic heterocycles. The lowest BCUT2D eigenvalue weighted by Gasteiger charge is -2.14. The van der Waals surface area contributed by atoms with Crippen molar-refractivity contribution >= 4 is 27.5 Å². The molecule has 4 rings (SSSR count). The minimum absolute atomic E-state index is 0.120. The molecule has 0 saturated carbocycles. The molecule has 0 aliphatic rings. The Hall–Kier alpha value is -3.27. The van der Waals surface area contributed by atoms with E-state index in [9.17, 15) is 4.79 Å². The lowest BCUT2D eigenvalue weighted by molar-refractivity contribution is 0.0774. The van der Waals surface area contributed by atoms with Gasteiger partial charge in [0.2, 0.25) is 5.89 Å². The van der Waals surface area contributed by atoms with Gasteiger partial charge in [0.1, 0.15) is 18.3 Å². The van der Waals surface area contributed by atoms with Gasteiger partial charge in [-0.3, -0.25) is 4.79 Å². The Morgan fingerprint density at radius 3 is 3.00 bits per heavy atom. The van der Waals surface area contributed by atoms with Crippen LogP contribution in [0.15, 0.2) is 35.2 Å². The van der Waals surface area contributed by atoms with E-state index in [1.807, 2.05) is 32.2 Å². The largest absolute Gasteiger partial charge is 0.484 e. The molecular formula is C18H18N6O3S. The highest BCUT2D eigenvalue weighted by Crippen LogP contribution is 2.26. The maximum absolute atomic E-state index is 12.5. The van der Waals surface area contributed by atoms with Crippen LogP contribution in [0.2, 0.25) is 0 Å². The Morgan fingerprint density at radius 1 is 1.36 bits per heavy atom. The van der Waals surface area contributed by atoms with E-state index in [0.29, 0.717) is 24.0 Å². The zero-order valence-corrected chi connectivity index (χ0v) is 16.4. The van der Waals surface area contributed by atoms with Crippen LogP contribution in [0.1, 0.15) is 27.2 Å². The maximum Gasteiger partial charge on any atom is 0.275 e. The van der Waals surface area contributed by atoms with Crippen LogP contribution in [0.5, 0.6) is 5.75 Å². The van der Waals surface area contributed by atoms with Crippen molar-refractivity contribution < 1.29 is 13.9 Å². The van der Waals surface area contributed by atoms with Gasteiger partial charge in [0.15, 0.2) is 18.1 Å². The number of carbonyl (C=O) groups excluding carboxylic acids is 1. The van der Waals surface area contributed by atoms with Gasteiger partial charge in [0.25, 0.3) is 5.91 Å². The smallest absolute Gasteiger partial charge is 0.275 e. The van der Waals surface area contributed by atoms with Crippen LogP contribution in [-0.4, -0.2) is 42.6 Å². The van der Waals surface area contributed by atoms with Crippen LogP contribution < -0.4 is 4.74 Å². The van der Waals surface area contributed by atoms with Gasteiger partial charge in [0.05, 0.1) is 21.8 Å². The van der Waals surface area contributed by atoms with Gasteiger partial charge in [0, 0.05) is 20.2 Å². The number of oxazole rings is 1. The van der Waals surface area contributed by atoms with Crippen molar-refractivity contribution in [2.45, 2.75) is 20.1 Å². The lowest BCUT2D eigenvalue weighted by Crippen LogP contribution is -2.27. The molecule has 0 unspecified atom stereocenters. The molecule has 144 valence electrons. The molecule has 4 aromatic rings. The minimum atomic E-state index is -0.266. The zero-order valence-electron chi connectivity index (χ0n) is 15.6. The molecule has 0 fully saturated rings. The predicted molar refractivity (Wildman–Crippen MR) is 102 cm³/mol. The summed E-state index contributed by atoms with van der Waals surface area (Å²) >= 11 is 1.64. The van der Waals surface area contributed by atoms with E-state index in [4.69, 9.17) is 9.15 Å². The molecule has 0 aliphatic heterocycles. The summed E-state index contributed by atoms with van der Waals surface area (Å²) < 4.78 is 14.0. The molecule has 0 radical (unpaired) electrons. The van der Waals surface area contributed by atoms with E-state index in [2.05, 4.69) is 20.2 Å². The number of hydrogen-bond acceptors (Lipinski definition) is 8. The summed E-state index contributed by atoms with van der Waals surface area (Å²) in [6.45, 7) is 2.41. The van der Waals surface area contributed by atoms with Crippen LogP contribution in [0.4, 0.5) is 0 Å². The quantitative estimate of drug-likeness (QED) is 0.492. The first-order valence-electron chi connectivity index (χ1n) is 8.52. The summed E-state index contributed by atoms with van der Waals surface area (Å²) in [5.41, 5.74) is 1.11. The molecule has 0 bridgehead atoms. The Labute approximate surface area is 164 Å². The Kier molecular flexibility index (Phi) is 4.78. The first-order chi connectivity index (χ1) is 13.5. The molecule has 1 aromatic carbocycles. The predicted octanol–water partition coefficient (Wildman–Crippen LogP) is 2.57. The second kappa shape index (κ2) is 7.39. The summed E-state index contributed by atoms with van der Waals surface area (Å²) in [4.78, 5) is 22.7. The number of thiazole rings is 1. The molecule has 0 aliphatic carbocycles. The number of amides is 1. The van der Waals surface area contributed by atoms with Gasteiger partial charge in [-0.25, -0.2) is 9.97 Å². The number of carbonyl (C=O) groups is 1. The van der Waals surface area contributed by atoms with Crippen molar-refractivity contribution in [1.82, 2.24) is 29.6 Å². The van der Waals surface area contributed by atoms with E-state index >= 15 is 0 Å². The molecule has 10 heteroatoms. The lowest BCUT2D eigenvalue weighted by atomic mass is 10.3. The number of rotatable bonds is 6. The molecule has 0 spiro atoms. The number of hydrogen-bond donors (Lipinski definition) is 0. The zero-order chi connectivity index (χ0) is 19.7. The molecule has 28 heavy (non-hydrogen) atoms. The Bertz CT molecular complexity index is 1130. The van der Waals surface area contributed by atoms with Gasteiger partial charge in [-0.2, -0.15) is 0 Å². The van der Waals surface area contributed by atoms with Crippen molar-refractivity contribution in [3.8, 4) is 5.75 Å². The number of benzene rings is 1. The van der Waals surface area contributed by atoms with Crippen LogP contribution in [-0.2, 0) is 20.2 Å². The fourth-order valence-electron chi connectivity index (χ4n) is 2.66. The van der Waals surface area contributed by atoms with Crippen molar-refractivity contribution in [2.75, 3.05) is 7.05 Å². The molecule has 0 saturated heterocycles. The molecule has 9 nitrogen and oxygen atoms in total. The SMILES string of the molecule is Cc1nc2cc(OCc3nc(C(=O)N(C)Cc4nncn4C)co3)ccc2s1. The number of aryl methyl sites for hydroxylation is 2. The first-order valence-corrected chi connectivity index (χ1v) is 9.34. The van der Waals surface area contributed by atoms with Gasteiger partial charge < -0.3 is 18.6 Å². The van der Waals surface area contributed by atoms with Gasteiger partial charge >= 0.3 is 0 Å². The normalized spacial score (nSPS) is 11.1. The standard InChI is InChI=1S/C18H18N6O3S/c1-11-20-13-6-12(4-5-15(13)28-11)26-9-17-21-14(8-27-17)18(25)23(2)7-16-22-19-10-24(16)3/h4-6,8,10H,7,9H2,1-3H3. The first kappa shape index (κ1) is 18.1. The molecule has 1 amide bonds. The third kappa shape index (κ3) is 3.72. The van der Waals surface area contributed by atoms with E-state index < -0.39 is 0 Å². The molecule has 3 heterocycles. The van der Waals surface area contributed by atoms with Crippen molar-refractivity contribution in [1.29, 1.82) is 0 Å². The van der Waals surface area contributed by atoms with Crippen LogP contribution >= 0.6 is 11.3 Å². The number of nitrogens with zero attached hydrogens (tertiary/aromatic N) is 6. The Morgan fingerprint density at radius 2 is 2.21 bits per heavy atom. The third-order valence-electron chi connectivity index (χ3n) is 4.13. The van der Waals surface area contributed by atoms with Gasteiger partial charge in [-0.1, -0.05) is 0 Å². The van der Waals surface area contributed by atoms with Crippen molar-refractivity contribution in [3.05, 3.63) is 53.2 Å². The Balaban J connectivity index is 1.39. The highest BCUT2D eigenvalue weighted by molar-refractivity contribution is 7.18. The number of aromatic nitrogens is 5. The average molecular weight is 398 g/mol. The van der Waals surface area contributed by atoms with Crippen molar-refractivity contribution in [3.63, 3.8) is 0 Å². The summed E-state index contributed by atoms with van der Waals surface area (Å²) in [5.74, 6) is 1.40. The topological polar surface area (TPSA) is 99.2 Å². The van der Waals surface area contributed by atoms with Crippen molar-refractivity contribution in [2.24, 2.45) is 7.05 Å². The van der Waals surface area contributed by atoms with E-state index in [1.54, 1.807) is 29.3 Å². The highest BCUT2D eigenvalue weighted by Gasteiger charge is 2.18. The summed E-state index contributed by atoms with van der Waals surface area (Å²) in [6.07, 6.45) is 2.92. The third-order valence-corrected chi connectivity index (χ3v) is 5.08. The fourth-order valence-corrected chi connectivity index (χ4v) is 3.47. The summed E-state index contributed by atoms with van der Waals surface area (Å²) in [5, 5.41) is 8.79. The number of ether oxygens (including phenoxy) is 1. The van der Waals surface area contributed by atoms with E-state index in [1.165, 1.54) is 11.2 Å². The van der Waals surface area contributed by atoms with Crippen LogP contribution in [0, 0.1) is 6.92 Å². The maximum atomic E-state index is 12.5. The van der Waals surface area contributed by atoms with E-state index in [-0.39, 0.29) is 18.2 Å². The fraction of sp³-hybridized carbons (Fsp3) is 0.278. The second-order valence-corrected chi connectivity index (χ2v) is 7.53. The monoisotopic (exact) mass is 398 g/mol. The minimum Gasteiger partial charge on any atom is -0.484 e. The van der Waals surface area contributed by atoms with E-state index in [0.717, 1.165) is 15.2 Å². The van der Waals surface area contributed by atoms with Gasteiger partial charge in [-0.05, 0) is 19.1 Å². The average Bonchev–Trinajstić information content (AvgIpc) is 3.39. The van der Waals surface area contributed by atoms with Crippen LogP contribution in [0.3, 0.4) is 0 Å². The second-order valence-electron chi connectivity index (χ2n) is 6.30. The summed E-state index contributed by atoms with van der Waals surface area (Å²) in [7, 11) is 3.50. The summed E-state index contributed by atoms with van der Waals surface area (Å²) in [6, 6.07) is 5.73. The number of fused-ring (bicyclic) bond motifs is 1. The van der Waals surface area contributed by atoms with Crippen LogP contribution in [0.25, 0.3) is 10.2 Å². The van der Waals surface area contributed by atoms with Gasteiger partial charge in [-0.15, -0.1) is 21.5 Å². The highest BCUT2D eigenvalue weighted by atomic mass is 32.1. The molecular weight excluding hydrogens is 380 g/mol. The molecule has 0 atom stereocenters. The molecule has 0 N–H and O–H groups in total.